The second-order valence-corrected chi connectivity index (χ2v) is 10.5. The summed E-state index contributed by atoms with van der Waals surface area (Å²) in [6.07, 6.45) is 1.32. The Morgan fingerprint density at radius 3 is 2.10 bits per heavy atom. The third-order valence-electron chi connectivity index (χ3n) is 5.76. The first-order valence-corrected chi connectivity index (χ1v) is 10.5. The molecule has 1 fully saturated rings. The van der Waals surface area contributed by atoms with E-state index in [0.29, 0.717) is 23.9 Å². The highest BCUT2D eigenvalue weighted by Gasteiger charge is 2.59. The molecule has 1 aromatic heterocycles. The van der Waals surface area contributed by atoms with E-state index in [-0.39, 0.29) is 11.9 Å². The van der Waals surface area contributed by atoms with Gasteiger partial charge in [-0.2, -0.15) is 0 Å². The van der Waals surface area contributed by atoms with Crippen molar-refractivity contribution in [3.05, 3.63) is 35.5 Å². The molecule has 8 heteroatoms. The van der Waals surface area contributed by atoms with Crippen molar-refractivity contribution in [2.75, 3.05) is 0 Å². The van der Waals surface area contributed by atoms with Gasteiger partial charge in [-0.3, -0.25) is 0 Å². The molecule has 1 aliphatic heterocycles. The molecule has 1 atom stereocenters. The van der Waals surface area contributed by atoms with Crippen LogP contribution in [-0.4, -0.2) is 38.9 Å². The molecule has 0 N–H and O–H groups in total. The molecule has 0 bridgehead atoms. The van der Waals surface area contributed by atoms with Crippen LogP contribution in [-0.2, 0) is 21.4 Å². The highest BCUT2D eigenvalue weighted by atomic mass is 19.2. The van der Waals surface area contributed by atoms with E-state index in [1.807, 2.05) is 0 Å². The predicted octanol–water partition coefficient (Wildman–Crippen LogP) is 5.51. The summed E-state index contributed by atoms with van der Waals surface area (Å²) >= 11 is 0. The SMILES string of the molecule is CC(C)(C)OC(=O)N(C(=O)OC(C)(C)C)[C@@H]1Cn2ccc3c(F)c(F)cc(c32)C12CC2. The molecule has 0 unspecified atom stereocenters. The van der Waals surface area contributed by atoms with E-state index < -0.39 is 46.5 Å². The van der Waals surface area contributed by atoms with Crippen LogP contribution in [0.3, 0.4) is 0 Å². The van der Waals surface area contributed by atoms with Crippen LogP contribution < -0.4 is 0 Å². The molecule has 2 aromatic rings. The second kappa shape index (κ2) is 6.68. The third-order valence-corrected chi connectivity index (χ3v) is 5.76. The number of hydrogen-bond acceptors (Lipinski definition) is 4. The number of aromatic nitrogens is 1. The average molecular weight is 434 g/mol. The van der Waals surface area contributed by atoms with E-state index in [4.69, 9.17) is 9.47 Å². The summed E-state index contributed by atoms with van der Waals surface area (Å²) in [7, 11) is 0. The van der Waals surface area contributed by atoms with E-state index in [9.17, 15) is 18.4 Å². The summed E-state index contributed by atoms with van der Waals surface area (Å²) in [5, 5.41) is 0.209. The number of carbonyl (C=O) groups excluding carboxylic acids is 2. The van der Waals surface area contributed by atoms with Crippen LogP contribution >= 0.6 is 0 Å². The number of nitrogens with zero attached hydrogens (tertiary/aromatic N) is 2. The first kappa shape index (κ1) is 21.6. The van der Waals surface area contributed by atoms with Gasteiger partial charge in [0.1, 0.15) is 11.2 Å². The first-order valence-electron chi connectivity index (χ1n) is 10.5. The zero-order valence-corrected chi connectivity index (χ0v) is 18.7. The van der Waals surface area contributed by atoms with Gasteiger partial charge in [-0.1, -0.05) is 0 Å². The van der Waals surface area contributed by atoms with E-state index in [1.165, 1.54) is 12.1 Å². The minimum Gasteiger partial charge on any atom is -0.443 e. The van der Waals surface area contributed by atoms with Crippen LogP contribution in [0.1, 0.15) is 59.9 Å². The molecule has 168 valence electrons. The van der Waals surface area contributed by atoms with Gasteiger partial charge >= 0.3 is 12.2 Å². The Morgan fingerprint density at radius 1 is 1.06 bits per heavy atom. The zero-order chi connectivity index (χ0) is 22.9. The van der Waals surface area contributed by atoms with E-state index >= 15 is 0 Å². The minimum atomic E-state index is -0.937. The Labute approximate surface area is 180 Å². The molecule has 31 heavy (non-hydrogen) atoms. The fourth-order valence-electron chi connectivity index (χ4n) is 4.43. The molecule has 0 saturated heterocycles. The fourth-order valence-corrected chi connectivity index (χ4v) is 4.43. The number of benzene rings is 1. The summed E-state index contributed by atoms with van der Waals surface area (Å²) in [5.74, 6) is -1.82. The van der Waals surface area contributed by atoms with Crippen molar-refractivity contribution in [2.45, 2.75) is 83.6 Å². The normalized spacial score (nSPS) is 19.4. The molecule has 1 saturated carbocycles. The lowest BCUT2D eigenvalue weighted by Crippen LogP contribution is -2.56. The van der Waals surface area contributed by atoms with Gasteiger partial charge in [0.05, 0.1) is 11.6 Å². The van der Waals surface area contributed by atoms with Crippen molar-refractivity contribution in [3.63, 3.8) is 0 Å². The van der Waals surface area contributed by atoms with Crippen LogP contribution in [0.4, 0.5) is 18.4 Å². The molecular weight excluding hydrogens is 406 g/mol. The van der Waals surface area contributed by atoms with Gasteiger partial charge in [0, 0.05) is 23.5 Å². The maximum Gasteiger partial charge on any atom is 0.420 e. The van der Waals surface area contributed by atoms with Crippen LogP contribution in [0, 0.1) is 11.6 Å². The number of hydrogen-bond donors (Lipinski definition) is 0. The Bertz CT molecular complexity index is 1050. The van der Waals surface area contributed by atoms with Crippen molar-refractivity contribution in [2.24, 2.45) is 0 Å². The quantitative estimate of drug-likeness (QED) is 0.594. The summed E-state index contributed by atoms with van der Waals surface area (Å²) in [6, 6.07) is 2.08. The van der Waals surface area contributed by atoms with Gasteiger partial charge in [-0.25, -0.2) is 23.3 Å². The van der Waals surface area contributed by atoms with Gasteiger partial charge in [-0.15, -0.1) is 0 Å². The number of amides is 2. The smallest absolute Gasteiger partial charge is 0.420 e. The maximum absolute atomic E-state index is 14.4. The van der Waals surface area contributed by atoms with Crippen LogP contribution in [0.15, 0.2) is 18.3 Å². The molecular formula is C23H28F2N2O4. The molecule has 1 aliphatic carbocycles. The lowest BCUT2D eigenvalue weighted by Gasteiger charge is -2.40. The Balaban J connectivity index is 1.81. The monoisotopic (exact) mass is 434 g/mol. The Morgan fingerprint density at radius 2 is 1.61 bits per heavy atom. The second-order valence-electron chi connectivity index (χ2n) is 10.5. The number of carbonyl (C=O) groups is 2. The molecule has 4 rings (SSSR count). The fraction of sp³-hybridized carbons (Fsp3) is 0.565. The van der Waals surface area contributed by atoms with E-state index in [1.54, 1.807) is 52.3 Å². The molecule has 2 amide bonds. The average Bonchev–Trinajstić information content (AvgIpc) is 3.27. The Kier molecular flexibility index (Phi) is 4.65. The van der Waals surface area contributed by atoms with E-state index in [2.05, 4.69) is 0 Å². The summed E-state index contributed by atoms with van der Waals surface area (Å²) in [5.41, 5.74) is -1.08. The van der Waals surface area contributed by atoms with Crippen LogP contribution in [0.5, 0.6) is 0 Å². The van der Waals surface area contributed by atoms with Crippen molar-refractivity contribution in [1.29, 1.82) is 0 Å². The van der Waals surface area contributed by atoms with Crippen LogP contribution in [0.25, 0.3) is 10.9 Å². The highest BCUT2D eigenvalue weighted by Crippen LogP contribution is 2.57. The standard InChI is InChI=1S/C23H28F2N2O4/c1-21(2,3)30-19(28)27(20(29)31-22(4,5)6)16-12-26-10-7-13-17(25)15(24)11-14(18(13)26)23(16)8-9-23/h7,10-11,16H,8-9,12H2,1-6H3/t16-/m1/s1. The zero-order valence-electron chi connectivity index (χ0n) is 18.7. The number of rotatable bonds is 1. The van der Waals surface area contributed by atoms with Gasteiger partial charge in [0.25, 0.3) is 0 Å². The van der Waals surface area contributed by atoms with Gasteiger partial charge < -0.3 is 14.0 Å². The topological polar surface area (TPSA) is 60.8 Å². The van der Waals surface area contributed by atoms with Gasteiger partial charge in [-0.05, 0) is 72.1 Å². The summed E-state index contributed by atoms with van der Waals surface area (Å²) in [4.78, 5) is 27.4. The highest BCUT2D eigenvalue weighted by molar-refractivity contribution is 5.91. The number of fused-ring (bicyclic) bond motifs is 1. The molecule has 0 radical (unpaired) electrons. The van der Waals surface area contributed by atoms with Gasteiger partial charge in [0.15, 0.2) is 11.6 Å². The molecule has 2 aliphatic rings. The molecule has 6 nitrogen and oxygen atoms in total. The largest absolute Gasteiger partial charge is 0.443 e. The number of halogens is 2. The minimum absolute atomic E-state index is 0.209. The molecule has 1 aromatic carbocycles. The molecule has 2 heterocycles. The lowest BCUT2D eigenvalue weighted by molar-refractivity contribution is -0.0134. The van der Waals surface area contributed by atoms with Crippen molar-refractivity contribution in [3.8, 4) is 0 Å². The van der Waals surface area contributed by atoms with Crippen molar-refractivity contribution in [1.82, 2.24) is 9.47 Å². The first-order chi connectivity index (χ1) is 14.2. The van der Waals surface area contributed by atoms with Crippen LogP contribution in [0.2, 0.25) is 0 Å². The Hall–Kier alpha value is -2.64. The summed E-state index contributed by atoms with van der Waals surface area (Å²) in [6.45, 7) is 10.6. The van der Waals surface area contributed by atoms with Gasteiger partial charge in [0.2, 0.25) is 0 Å². The molecule has 1 spiro atoms. The number of ether oxygens (including phenoxy) is 2. The number of imide groups is 1. The third kappa shape index (κ3) is 3.66. The van der Waals surface area contributed by atoms with Crippen molar-refractivity contribution >= 4 is 23.1 Å². The summed E-state index contributed by atoms with van der Waals surface area (Å²) < 4.78 is 41.6. The van der Waals surface area contributed by atoms with E-state index in [0.717, 1.165) is 4.90 Å². The lowest BCUT2D eigenvalue weighted by atomic mass is 9.83. The maximum atomic E-state index is 14.4. The predicted molar refractivity (Wildman–Crippen MR) is 111 cm³/mol. The van der Waals surface area contributed by atoms with Crippen molar-refractivity contribution < 1.29 is 27.8 Å².